The first-order valence-corrected chi connectivity index (χ1v) is 9.51. The van der Waals surface area contributed by atoms with Gasteiger partial charge in [0.15, 0.2) is 0 Å². The molecule has 0 bridgehead atoms. The Hall–Kier alpha value is -1.82. The zero-order chi connectivity index (χ0) is 18.2. The molecule has 1 fully saturated rings. The van der Waals surface area contributed by atoms with Gasteiger partial charge < -0.3 is 14.6 Å². The fourth-order valence-electron chi connectivity index (χ4n) is 3.24. The number of carbonyl (C=O) groups is 1. The summed E-state index contributed by atoms with van der Waals surface area (Å²) in [7, 11) is 0. The van der Waals surface area contributed by atoms with E-state index in [1.807, 2.05) is 48.8 Å². The lowest BCUT2D eigenvalue weighted by Gasteiger charge is -2.26. The highest BCUT2D eigenvalue weighted by molar-refractivity contribution is 6.30. The summed E-state index contributed by atoms with van der Waals surface area (Å²) in [6, 6.07) is 11.8. The predicted molar refractivity (Wildman–Crippen MR) is 104 cm³/mol. The highest BCUT2D eigenvalue weighted by Gasteiger charge is 2.17. The van der Waals surface area contributed by atoms with Crippen LogP contribution in [0.5, 0.6) is 0 Å². The summed E-state index contributed by atoms with van der Waals surface area (Å²) in [5.74, 6) is 0.202. The predicted octanol–water partition coefficient (Wildman–Crippen LogP) is 2.76. The molecule has 1 aliphatic rings. The second kappa shape index (κ2) is 9.76. The average Bonchev–Trinajstić information content (AvgIpc) is 3.16. The largest absolute Gasteiger partial charge is 0.379 e. The van der Waals surface area contributed by atoms with Crippen molar-refractivity contribution in [2.75, 3.05) is 39.4 Å². The molecule has 3 rings (SSSR count). The van der Waals surface area contributed by atoms with Crippen molar-refractivity contribution < 1.29 is 9.53 Å². The molecular formula is C20H26ClN3O2. The van der Waals surface area contributed by atoms with E-state index in [0.29, 0.717) is 18.0 Å². The molecule has 0 aliphatic carbocycles. The van der Waals surface area contributed by atoms with E-state index >= 15 is 0 Å². The Labute approximate surface area is 159 Å². The van der Waals surface area contributed by atoms with Crippen LogP contribution in [0.1, 0.15) is 17.9 Å². The zero-order valence-corrected chi connectivity index (χ0v) is 15.7. The molecule has 1 saturated heterocycles. The van der Waals surface area contributed by atoms with Gasteiger partial charge in [0.2, 0.25) is 5.91 Å². The zero-order valence-electron chi connectivity index (χ0n) is 14.9. The van der Waals surface area contributed by atoms with Crippen LogP contribution in [0.3, 0.4) is 0 Å². The van der Waals surface area contributed by atoms with Crippen molar-refractivity contribution in [2.45, 2.75) is 18.9 Å². The van der Waals surface area contributed by atoms with E-state index in [2.05, 4.69) is 14.8 Å². The first kappa shape index (κ1) is 19.0. The van der Waals surface area contributed by atoms with E-state index in [4.69, 9.17) is 16.3 Å². The molecule has 1 aromatic carbocycles. The molecule has 1 atom stereocenters. The second-order valence-electron chi connectivity index (χ2n) is 6.64. The van der Waals surface area contributed by atoms with Crippen molar-refractivity contribution >= 4 is 17.5 Å². The normalized spacial score (nSPS) is 16.3. The van der Waals surface area contributed by atoms with Crippen molar-refractivity contribution in [1.29, 1.82) is 0 Å². The van der Waals surface area contributed by atoms with Crippen LogP contribution in [0.2, 0.25) is 5.02 Å². The summed E-state index contributed by atoms with van der Waals surface area (Å²) >= 11 is 6.01. The first-order valence-electron chi connectivity index (χ1n) is 9.14. The summed E-state index contributed by atoms with van der Waals surface area (Å²) in [5.41, 5.74) is 1.13. The number of ether oxygens (including phenoxy) is 1. The molecule has 140 valence electrons. The number of rotatable bonds is 8. The maximum Gasteiger partial charge on any atom is 0.220 e. The highest BCUT2D eigenvalue weighted by Crippen LogP contribution is 2.23. The Morgan fingerprint density at radius 1 is 1.15 bits per heavy atom. The van der Waals surface area contributed by atoms with Crippen molar-refractivity contribution in [3.8, 4) is 0 Å². The molecule has 2 heterocycles. The van der Waals surface area contributed by atoms with Crippen LogP contribution in [0.25, 0.3) is 0 Å². The topological polar surface area (TPSA) is 46.5 Å². The van der Waals surface area contributed by atoms with Gasteiger partial charge in [-0.05, 0) is 29.8 Å². The van der Waals surface area contributed by atoms with Crippen molar-refractivity contribution in [3.05, 3.63) is 59.4 Å². The van der Waals surface area contributed by atoms with Crippen LogP contribution in [-0.4, -0.2) is 54.8 Å². The minimum atomic E-state index is 0.0883. The minimum absolute atomic E-state index is 0.0883. The summed E-state index contributed by atoms with van der Waals surface area (Å²) in [4.78, 5) is 14.8. The molecule has 0 spiro atoms. The average molecular weight is 376 g/mol. The van der Waals surface area contributed by atoms with Gasteiger partial charge in [-0.2, -0.15) is 0 Å². The number of hydrogen-bond donors (Lipinski definition) is 1. The third-order valence-corrected chi connectivity index (χ3v) is 4.98. The second-order valence-corrected chi connectivity index (χ2v) is 7.07. The lowest BCUT2D eigenvalue weighted by Crippen LogP contribution is -2.41. The molecule has 0 radical (unpaired) electrons. The van der Waals surface area contributed by atoms with Gasteiger partial charge >= 0.3 is 0 Å². The van der Waals surface area contributed by atoms with Gasteiger partial charge in [0.05, 0.1) is 13.2 Å². The van der Waals surface area contributed by atoms with Crippen LogP contribution in [0.4, 0.5) is 0 Å². The standard InChI is InChI=1S/C20H26ClN3O2/c21-19-5-3-17(4-6-19)18(16-24-8-1-2-9-24)15-20(25)22-7-10-23-11-13-26-14-12-23/h1-6,8-9,18H,7,10-16H2,(H,22,25). The molecular weight excluding hydrogens is 350 g/mol. The van der Waals surface area contributed by atoms with E-state index in [1.54, 1.807) is 0 Å². The molecule has 1 unspecified atom stereocenters. The lowest BCUT2D eigenvalue weighted by molar-refractivity contribution is -0.121. The molecule has 6 heteroatoms. The Morgan fingerprint density at radius 2 is 1.85 bits per heavy atom. The number of aromatic nitrogens is 1. The molecule has 1 aromatic heterocycles. The summed E-state index contributed by atoms with van der Waals surface area (Å²) in [6.45, 7) is 5.76. The van der Waals surface area contributed by atoms with Gasteiger partial charge in [-0.25, -0.2) is 0 Å². The quantitative estimate of drug-likeness (QED) is 0.771. The van der Waals surface area contributed by atoms with Crippen molar-refractivity contribution in [3.63, 3.8) is 0 Å². The van der Waals surface area contributed by atoms with Gasteiger partial charge in [0.25, 0.3) is 0 Å². The van der Waals surface area contributed by atoms with Crippen LogP contribution >= 0.6 is 11.6 Å². The number of halogens is 1. The molecule has 1 amide bonds. The molecule has 1 N–H and O–H groups in total. The molecule has 5 nitrogen and oxygen atoms in total. The highest BCUT2D eigenvalue weighted by atomic mass is 35.5. The van der Waals surface area contributed by atoms with Crippen LogP contribution in [-0.2, 0) is 16.1 Å². The number of carbonyl (C=O) groups excluding carboxylic acids is 1. The molecule has 0 saturated carbocycles. The van der Waals surface area contributed by atoms with Gasteiger partial charge in [0.1, 0.15) is 0 Å². The SMILES string of the molecule is O=C(CC(Cn1cccc1)c1ccc(Cl)cc1)NCCN1CCOCC1. The number of benzene rings is 1. The number of nitrogens with one attached hydrogen (secondary N) is 1. The third kappa shape index (κ3) is 5.87. The summed E-state index contributed by atoms with van der Waals surface area (Å²) in [5, 5.41) is 3.78. The van der Waals surface area contributed by atoms with E-state index in [0.717, 1.165) is 45.0 Å². The van der Waals surface area contributed by atoms with E-state index < -0.39 is 0 Å². The fraction of sp³-hybridized carbons (Fsp3) is 0.450. The maximum absolute atomic E-state index is 12.5. The third-order valence-electron chi connectivity index (χ3n) is 4.72. The van der Waals surface area contributed by atoms with Crippen molar-refractivity contribution in [2.24, 2.45) is 0 Å². The molecule has 26 heavy (non-hydrogen) atoms. The Kier molecular flexibility index (Phi) is 7.12. The Balaban J connectivity index is 1.54. The number of amides is 1. The van der Waals surface area contributed by atoms with Gasteiger partial charge in [0, 0.05) is 62.5 Å². The number of morpholine rings is 1. The van der Waals surface area contributed by atoms with Crippen LogP contribution in [0.15, 0.2) is 48.8 Å². The smallest absolute Gasteiger partial charge is 0.220 e. The number of hydrogen-bond acceptors (Lipinski definition) is 3. The Bertz CT molecular complexity index is 667. The monoisotopic (exact) mass is 375 g/mol. The van der Waals surface area contributed by atoms with E-state index in [1.165, 1.54) is 0 Å². The Morgan fingerprint density at radius 3 is 2.54 bits per heavy atom. The van der Waals surface area contributed by atoms with E-state index in [9.17, 15) is 4.79 Å². The maximum atomic E-state index is 12.5. The van der Waals surface area contributed by atoms with Crippen LogP contribution < -0.4 is 5.32 Å². The summed E-state index contributed by atoms with van der Waals surface area (Å²) in [6.07, 6.45) is 4.52. The minimum Gasteiger partial charge on any atom is -0.379 e. The number of nitrogens with zero attached hydrogens (tertiary/aromatic N) is 2. The van der Waals surface area contributed by atoms with Gasteiger partial charge in [-0.3, -0.25) is 9.69 Å². The molecule has 1 aliphatic heterocycles. The van der Waals surface area contributed by atoms with Crippen molar-refractivity contribution in [1.82, 2.24) is 14.8 Å². The van der Waals surface area contributed by atoms with E-state index in [-0.39, 0.29) is 11.8 Å². The lowest BCUT2D eigenvalue weighted by atomic mass is 9.95. The van der Waals surface area contributed by atoms with Gasteiger partial charge in [-0.1, -0.05) is 23.7 Å². The van der Waals surface area contributed by atoms with Gasteiger partial charge in [-0.15, -0.1) is 0 Å². The fourth-order valence-corrected chi connectivity index (χ4v) is 3.37. The molecule has 2 aromatic rings. The van der Waals surface area contributed by atoms with Crippen LogP contribution in [0, 0.1) is 0 Å². The first-order chi connectivity index (χ1) is 12.7. The summed E-state index contributed by atoms with van der Waals surface area (Å²) < 4.78 is 7.46.